The van der Waals surface area contributed by atoms with Gasteiger partial charge in [0.15, 0.2) is 5.11 Å². The third-order valence-corrected chi connectivity index (χ3v) is 2.80. The second kappa shape index (κ2) is 10.7. The van der Waals surface area contributed by atoms with Gasteiger partial charge in [-0.25, -0.2) is 0 Å². The van der Waals surface area contributed by atoms with E-state index in [2.05, 4.69) is 36.1 Å². The van der Waals surface area contributed by atoms with Crippen LogP contribution in [0.3, 0.4) is 0 Å². The summed E-state index contributed by atoms with van der Waals surface area (Å²) < 4.78 is 5.01. The number of hydrogen-bond acceptors (Lipinski definition) is 3. The molecule has 0 fully saturated rings. The van der Waals surface area contributed by atoms with Crippen LogP contribution in [0.1, 0.15) is 19.8 Å². The Morgan fingerprint density at radius 3 is 2.47 bits per heavy atom. The van der Waals surface area contributed by atoms with Crippen molar-refractivity contribution in [3.05, 3.63) is 0 Å². The van der Waals surface area contributed by atoms with Gasteiger partial charge in [0, 0.05) is 39.9 Å². The van der Waals surface area contributed by atoms with E-state index in [1.807, 2.05) is 0 Å². The fourth-order valence-corrected chi connectivity index (χ4v) is 1.71. The topological polar surface area (TPSA) is 27.7 Å². The summed E-state index contributed by atoms with van der Waals surface area (Å²) in [5.74, 6) is 0. The largest absolute Gasteiger partial charge is 0.385 e. The van der Waals surface area contributed by atoms with Crippen molar-refractivity contribution in [1.29, 1.82) is 0 Å². The Kier molecular flexibility index (Phi) is 10.5. The molecule has 0 aromatic carbocycles. The van der Waals surface area contributed by atoms with Crippen LogP contribution < -0.4 is 5.32 Å². The Labute approximate surface area is 111 Å². The lowest BCUT2D eigenvalue weighted by Crippen LogP contribution is -2.43. The summed E-state index contributed by atoms with van der Waals surface area (Å²) in [6, 6.07) is 0. The SMILES string of the molecule is CCCN(CCN(C)C)C(=S)NCCCOC. The van der Waals surface area contributed by atoms with E-state index in [1.54, 1.807) is 7.11 Å². The molecule has 0 aliphatic rings. The number of ether oxygens (including phenoxy) is 1. The first-order valence-electron chi connectivity index (χ1n) is 6.28. The van der Waals surface area contributed by atoms with Crippen molar-refractivity contribution >= 4 is 17.3 Å². The lowest BCUT2D eigenvalue weighted by molar-refractivity contribution is 0.195. The minimum atomic E-state index is 0.779. The molecular formula is C12H27N3OS. The van der Waals surface area contributed by atoms with Gasteiger partial charge in [0.2, 0.25) is 0 Å². The normalized spacial score (nSPS) is 10.6. The smallest absolute Gasteiger partial charge is 0.168 e. The van der Waals surface area contributed by atoms with E-state index >= 15 is 0 Å². The van der Waals surface area contributed by atoms with Gasteiger partial charge in [-0.3, -0.25) is 0 Å². The lowest BCUT2D eigenvalue weighted by atomic mass is 10.4. The zero-order chi connectivity index (χ0) is 13.1. The Morgan fingerprint density at radius 1 is 1.24 bits per heavy atom. The van der Waals surface area contributed by atoms with Gasteiger partial charge in [0.1, 0.15) is 0 Å². The van der Waals surface area contributed by atoms with Gasteiger partial charge in [-0.2, -0.15) is 0 Å². The average molecular weight is 261 g/mol. The Balaban J connectivity index is 3.88. The molecule has 4 nitrogen and oxygen atoms in total. The first-order chi connectivity index (χ1) is 8.11. The van der Waals surface area contributed by atoms with Crippen molar-refractivity contribution < 1.29 is 4.74 Å². The van der Waals surface area contributed by atoms with Crippen molar-refractivity contribution in [2.45, 2.75) is 19.8 Å². The Hall–Kier alpha value is -0.390. The molecule has 5 heteroatoms. The van der Waals surface area contributed by atoms with E-state index in [0.29, 0.717) is 0 Å². The van der Waals surface area contributed by atoms with Gasteiger partial charge in [-0.15, -0.1) is 0 Å². The zero-order valence-electron chi connectivity index (χ0n) is 11.7. The van der Waals surface area contributed by atoms with E-state index < -0.39 is 0 Å². The number of rotatable bonds is 9. The van der Waals surface area contributed by atoms with Gasteiger partial charge in [-0.1, -0.05) is 6.92 Å². The highest BCUT2D eigenvalue weighted by Gasteiger charge is 2.07. The molecule has 0 aliphatic carbocycles. The number of likely N-dealkylation sites (N-methyl/N-ethyl adjacent to an activating group) is 1. The monoisotopic (exact) mass is 261 g/mol. The van der Waals surface area contributed by atoms with Crippen molar-refractivity contribution in [2.24, 2.45) is 0 Å². The molecular weight excluding hydrogens is 234 g/mol. The minimum Gasteiger partial charge on any atom is -0.385 e. The van der Waals surface area contributed by atoms with Gasteiger partial charge in [0.05, 0.1) is 0 Å². The Morgan fingerprint density at radius 2 is 1.94 bits per heavy atom. The molecule has 0 saturated carbocycles. The first-order valence-corrected chi connectivity index (χ1v) is 6.69. The number of nitrogens with zero attached hydrogens (tertiary/aromatic N) is 2. The summed E-state index contributed by atoms with van der Waals surface area (Å²) >= 11 is 5.40. The summed E-state index contributed by atoms with van der Waals surface area (Å²) in [6.07, 6.45) is 2.11. The average Bonchev–Trinajstić information content (AvgIpc) is 2.29. The number of hydrogen-bond donors (Lipinski definition) is 1. The predicted octanol–water partition coefficient (Wildman–Crippen LogP) is 1.17. The number of thiocarbonyl (C=S) groups is 1. The third kappa shape index (κ3) is 9.32. The highest BCUT2D eigenvalue weighted by Crippen LogP contribution is 1.94. The van der Waals surface area contributed by atoms with Crippen LogP contribution >= 0.6 is 12.2 Å². The molecule has 0 unspecified atom stereocenters. The van der Waals surface area contributed by atoms with Crippen LogP contribution in [-0.4, -0.2) is 68.9 Å². The first kappa shape index (κ1) is 16.6. The maximum absolute atomic E-state index is 5.40. The van der Waals surface area contributed by atoms with Gasteiger partial charge >= 0.3 is 0 Å². The van der Waals surface area contributed by atoms with E-state index in [9.17, 15) is 0 Å². The molecule has 1 N–H and O–H groups in total. The van der Waals surface area contributed by atoms with Crippen LogP contribution in [0.5, 0.6) is 0 Å². The van der Waals surface area contributed by atoms with E-state index in [1.165, 1.54) is 0 Å². The molecule has 0 radical (unpaired) electrons. The molecule has 0 atom stereocenters. The fourth-order valence-electron chi connectivity index (χ4n) is 1.43. The highest BCUT2D eigenvalue weighted by molar-refractivity contribution is 7.80. The summed E-state index contributed by atoms with van der Waals surface area (Å²) in [5.41, 5.74) is 0. The maximum Gasteiger partial charge on any atom is 0.168 e. The van der Waals surface area contributed by atoms with Gasteiger partial charge in [-0.05, 0) is 39.2 Å². The van der Waals surface area contributed by atoms with Crippen LogP contribution in [-0.2, 0) is 4.74 Å². The molecule has 0 heterocycles. The third-order valence-electron chi connectivity index (χ3n) is 2.40. The van der Waals surface area contributed by atoms with Crippen molar-refractivity contribution in [3.8, 4) is 0 Å². The van der Waals surface area contributed by atoms with E-state index in [0.717, 1.165) is 50.7 Å². The number of methoxy groups -OCH3 is 1. The molecule has 0 saturated heterocycles. The second-order valence-electron chi connectivity index (χ2n) is 4.37. The van der Waals surface area contributed by atoms with E-state index in [-0.39, 0.29) is 0 Å². The molecule has 17 heavy (non-hydrogen) atoms. The second-order valence-corrected chi connectivity index (χ2v) is 4.76. The van der Waals surface area contributed by atoms with Crippen molar-refractivity contribution in [1.82, 2.24) is 15.1 Å². The van der Waals surface area contributed by atoms with E-state index in [4.69, 9.17) is 17.0 Å². The highest BCUT2D eigenvalue weighted by atomic mass is 32.1. The summed E-state index contributed by atoms with van der Waals surface area (Å²) in [5, 5.41) is 4.15. The summed E-state index contributed by atoms with van der Waals surface area (Å²) in [6.45, 7) is 6.87. The predicted molar refractivity (Wildman–Crippen MR) is 77.5 cm³/mol. The molecule has 0 aromatic rings. The van der Waals surface area contributed by atoms with Crippen LogP contribution in [0.25, 0.3) is 0 Å². The zero-order valence-corrected chi connectivity index (χ0v) is 12.5. The molecule has 0 amide bonds. The summed E-state index contributed by atoms with van der Waals surface area (Å²) in [4.78, 5) is 4.42. The molecule has 0 bridgehead atoms. The summed E-state index contributed by atoms with van der Waals surface area (Å²) in [7, 11) is 5.89. The van der Waals surface area contributed by atoms with Crippen LogP contribution in [0.4, 0.5) is 0 Å². The molecule has 0 rings (SSSR count). The van der Waals surface area contributed by atoms with Crippen LogP contribution in [0.2, 0.25) is 0 Å². The standard InChI is InChI=1S/C12H27N3OS/c1-5-8-15(10-9-14(2)3)12(17)13-7-6-11-16-4/h5-11H2,1-4H3,(H,13,17). The number of nitrogens with one attached hydrogen (secondary N) is 1. The lowest BCUT2D eigenvalue weighted by Gasteiger charge is -2.26. The maximum atomic E-state index is 5.40. The van der Waals surface area contributed by atoms with Crippen LogP contribution in [0, 0.1) is 0 Å². The van der Waals surface area contributed by atoms with Crippen molar-refractivity contribution in [2.75, 3.05) is 54.0 Å². The van der Waals surface area contributed by atoms with Gasteiger partial charge in [0.25, 0.3) is 0 Å². The molecule has 0 aromatic heterocycles. The fraction of sp³-hybridized carbons (Fsp3) is 0.917. The van der Waals surface area contributed by atoms with Crippen LogP contribution in [0.15, 0.2) is 0 Å². The van der Waals surface area contributed by atoms with Crippen molar-refractivity contribution in [3.63, 3.8) is 0 Å². The molecule has 102 valence electrons. The van der Waals surface area contributed by atoms with Gasteiger partial charge < -0.3 is 19.9 Å². The molecule has 0 spiro atoms. The Bertz CT molecular complexity index is 200. The minimum absolute atomic E-state index is 0.779. The molecule has 0 aliphatic heterocycles. The quantitative estimate of drug-likeness (QED) is 0.497.